The minimum absolute atomic E-state index is 0.495. The van der Waals surface area contributed by atoms with Crippen LogP contribution in [0, 0.1) is 18.3 Å². The summed E-state index contributed by atoms with van der Waals surface area (Å²) in [6.45, 7) is 3.35. The maximum Gasteiger partial charge on any atom is 0.0365 e. The first-order valence-electron chi connectivity index (χ1n) is 3.42. The third-order valence-corrected chi connectivity index (χ3v) is 2.28. The smallest absolute Gasteiger partial charge is 0.0365 e. The molecule has 0 N–H and O–H groups in total. The van der Waals surface area contributed by atoms with Crippen molar-refractivity contribution in [2.45, 2.75) is 19.4 Å². The molecule has 0 saturated carbocycles. The lowest BCUT2D eigenvalue weighted by atomic mass is 10.0. The van der Waals surface area contributed by atoms with Crippen LogP contribution in [0.2, 0.25) is 0 Å². The quantitative estimate of drug-likeness (QED) is 0.434. The van der Waals surface area contributed by atoms with Crippen LogP contribution in [0.5, 0.6) is 0 Å². The molecule has 0 spiro atoms. The molecule has 1 rings (SSSR count). The Kier molecular flexibility index (Phi) is 1.78. The molecule has 0 radical (unpaired) electrons. The molecule has 2 atom stereocenters. The molecule has 50 valence electrons. The lowest BCUT2D eigenvalue weighted by Gasteiger charge is -2.15. The van der Waals surface area contributed by atoms with E-state index in [0.29, 0.717) is 12.0 Å². The average molecular weight is 123 g/mol. The molecule has 0 aliphatic carbocycles. The molecule has 0 bridgehead atoms. The summed E-state index contributed by atoms with van der Waals surface area (Å²) in [6, 6.07) is 0.593. The second-order valence-corrected chi connectivity index (χ2v) is 2.78. The second-order valence-electron chi connectivity index (χ2n) is 2.78. The van der Waals surface area contributed by atoms with Crippen LogP contribution >= 0.6 is 0 Å². The Hall–Kier alpha value is -0.480. The van der Waals surface area contributed by atoms with E-state index >= 15 is 0 Å². The van der Waals surface area contributed by atoms with Gasteiger partial charge in [-0.15, -0.1) is 12.3 Å². The predicted octanol–water partition coefficient (Wildman–Crippen LogP) is 0.960. The Morgan fingerprint density at radius 1 is 1.67 bits per heavy atom. The number of rotatable bonds is 0. The maximum absolute atomic E-state index is 5.31. The Labute approximate surface area is 57.0 Å². The van der Waals surface area contributed by atoms with Crippen molar-refractivity contribution in [2.24, 2.45) is 5.92 Å². The van der Waals surface area contributed by atoms with Gasteiger partial charge in [0.1, 0.15) is 0 Å². The van der Waals surface area contributed by atoms with Gasteiger partial charge in [-0.3, -0.25) is 0 Å². The van der Waals surface area contributed by atoms with E-state index in [1.165, 1.54) is 6.42 Å². The third-order valence-electron chi connectivity index (χ3n) is 2.28. The first kappa shape index (κ1) is 6.64. The van der Waals surface area contributed by atoms with Crippen LogP contribution in [0.15, 0.2) is 0 Å². The minimum atomic E-state index is 0.495. The summed E-state index contributed by atoms with van der Waals surface area (Å²) in [5.41, 5.74) is 0. The van der Waals surface area contributed by atoms with Crippen LogP contribution in [0.3, 0.4) is 0 Å². The zero-order chi connectivity index (χ0) is 6.85. The number of likely N-dealkylation sites (tertiary alicyclic amines) is 1. The Bertz CT molecular complexity index is 134. The summed E-state index contributed by atoms with van der Waals surface area (Å²) in [7, 11) is 2.13. The van der Waals surface area contributed by atoms with Crippen molar-refractivity contribution in [1.82, 2.24) is 4.90 Å². The molecular formula is C8H13N. The number of terminal acetylenes is 1. The third kappa shape index (κ3) is 1.09. The zero-order valence-corrected chi connectivity index (χ0v) is 6.09. The van der Waals surface area contributed by atoms with E-state index in [4.69, 9.17) is 6.42 Å². The summed E-state index contributed by atoms with van der Waals surface area (Å²) in [4.78, 5) is 2.31. The van der Waals surface area contributed by atoms with Crippen molar-refractivity contribution < 1.29 is 0 Å². The molecule has 1 heteroatoms. The SMILES string of the molecule is C#C[C@H]1CCN(C)C1C. The van der Waals surface area contributed by atoms with Crippen LogP contribution < -0.4 is 0 Å². The fourth-order valence-electron chi connectivity index (χ4n) is 1.32. The molecule has 1 saturated heterocycles. The van der Waals surface area contributed by atoms with Gasteiger partial charge in [-0.1, -0.05) is 0 Å². The molecular weight excluding hydrogens is 110 g/mol. The van der Waals surface area contributed by atoms with E-state index in [2.05, 4.69) is 24.8 Å². The molecule has 1 aliphatic rings. The standard InChI is InChI=1S/C8H13N/c1-4-8-5-6-9(3)7(8)2/h1,7-8H,5-6H2,2-3H3/t7?,8-/m0/s1. The largest absolute Gasteiger partial charge is 0.302 e. The number of nitrogens with zero attached hydrogens (tertiary/aromatic N) is 1. The van der Waals surface area contributed by atoms with Crippen LogP contribution in [0.25, 0.3) is 0 Å². The summed E-state index contributed by atoms with van der Waals surface area (Å²) < 4.78 is 0. The van der Waals surface area contributed by atoms with Crippen molar-refractivity contribution in [3.63, 3.8) is 0 Å². The maximum atomic E-state index is 5.31. The summed E-state index contributed by atoms with van der Waals surface area (Å²) in [6.07, 6.45) is 6.48. The van der Waals surface area contributed by atoms with Crippen molar-refractivity contribution in [2.75, 3.05) is 13.6 Å². The summed E-state index contributed by atoms with van der Waals surface area (Å²) in [5.74, 6) is 3.30. The highest BCUT2D eigenvalue weighted by atomic mass is 15.1. The topological polar surface area (TPSA) is 3.24 Å². The van der Waals surface area contributed by atoms with Gasteiger partial charge >= 0.3 is 0 Å². The minimum Gasteiger partial charge on any atom is -0.302 e. The van der Waals surface area contributed by atoms with Crippen LogP contribution in [-0.2, 0) is 0 Å². The van der Waals surface area contributed by atoms with E-state index in [9.17, 15) is 0 Å². The van der Waals surface area contributed by atoms with Gasteiger partial charge in [0.2, 0.25) is 0 Å². The Morgan fingerprint density at radius 3 is 2.56 bits per heavy atom. The Balaban J connectivity index is 2.54. The van der Waals surface area contributed by atoms with Crippen molar-refractivity contribution in [3.8, 4) is 12.3 Å². The molecule has 1 unspecified atom stereocenters. The van der Waals surface area contributed by atoms with Crippen molar-refractivity contribution in [3.05, 3.63) is 0 Å². The molecule has 1 aliphatic heterocycles. The fraction of sp³-hybridized carbons (Fsp3) is 0.750. The molecule has 0 aromatic rings. The van der Waals surface area contributed by atoms with Gasteiger partial charge in [-0.25, -0.2) is 0 Å². The first-order chi connectivity index (χ1) is 4.25. The average Bonchev–Trinajstić information content (AvgIpc) is 2.15. The van der Waals surface area contributed by atoms with Gasteiger partial charge in [0, 0.05) is 12.0 Å². The molecule has 0 aromatic carbocycles. The molecule has 1 fully saturated rings. The molecule has 0 amide bonds. The molecule has 1 nitrogen and oxygen atoms in total. The van der Waals surface area contributed by atoms with E-state index in [0.717, 1.165) is 6.54 Å². The van der Waals surface area contributed by atoms with Gasteiger partial charge in [0.15, 0.2) is 0 Å². The fourth-order valence-corrected chi connectivity index (χ4v) is 1.32. The summed E-state index contributed by atoms with van der Waals surface area (Å²) in [5, 5.41) is 0. The number of hydrogen-bond donors (Lipinski definition) is 0. The molecule has 9 heavy (non-hydrogen) atoms. The van der Waals surface area contributed by atoms with Crippen molar-refractivity contribution in [1.29, 1.82) is 0 Å². The van der Waals surface area contributed by atoms with E-state index in [1.54, 1.807) is 0 Å². The number of hydrogen-bond acceptors (Lipinski definition) is 1. The predicted molar refractivity (Wildman–Crippen MR) is 39.0 cm³/mol. The van der Waals surface area contributed by atoms with Gasteiger partial charge in [0.05, 0.1) is 0 Å². The second kappa shape index (κ2) is 2.41. The van der Waals surface area contributed by atoms with Gasteiger partial charge < -0.3 is 4.90 Å². The molecule has 1 heterocycles. The van der Waals surface area contributed by atoms with Crippen LogP contribution in [-0.4, -0.2) is 24.5 Å². The highest BCUT2D eigenvalue weighted by Gasteiger charge is 2.25. The van der Waals surface area contributed by atoms with Gasteiger partial charge in [0.25, 0.3) is 0 Å². The van der Waals surface area contributed by atoms with Crippen LogP contribution in [0.1, 0.15) is 13.3 Å². The highest BCUT2D eigenvalue weighted by molar-refractivity contribution is 5.01. The van der Waals surface area contributed by atoms with Gasteiger partial charge in [-0.05, 0) is 26.9 Å². The summed E-state index contributed by atoms with van der Waals surface area (Å²) >= 11 is 0. The first-order valence-corrected chi connectivity index (χ1v) is 3.42. The van der Waals surface area contributed by atoms with E-state index in [-0.39, 0.29) is 0 Å². The lowest BCUT2D eigenvalue weighted by molar-refractivity contribution is 0.314. The normalized spacial score (nSPS) is 36.6. The van der Waals surface area contributed by atoms with Crippen molar-refractivity contribution >= 4 is 0 Å². The van der Waals surface area contributed by atoms with E-state index in [1.807, 2.05) is 0 Å². The highest BCUT2D eigenvalue weighted by Crippen LogP contribution is 2.20. The van der Waals surface area contributed by atoms with E-state index < -0.39 is 0 Å². The Morgan fingerprint density at radius 2 is 2.33 bits per heavy atom. The van der Waals surface area contributed by atoms with Gasteiger partial charge in [-0.2, -0.15) is 0 Å². The zero-order valence-electron chi connectivity index (χ0n) is 6.09. The molecule has 0 aromatic heterocycles. The monoisotopic (exact) mass is 123 g/mol. The lowest BCUT2D eigenvalue weighted by Crippen LogP contribution is -2.24. The van der Waals surface area contributed by atoms with Crippen LogP contribution in [0.4, 0.5) is 0 Å².